The Morgan fingerprint density at radius 3 is 0.948 bits per heavy atom. The first-order valence-electron chi connectivity index (χ1n) is 44.7. The molecule has 0 unspecified atom stereocenters. The highest BCUT2D eigenvalue weighted by molar-refractivity contribution is 6.03. The minimum atomic E-state index is -1.18. The van der Waals surface area contributed by atoms with Crippen LogP contribution in [0.4, 0.5) is 39.5 Å². The van der Waals surface area contributed by atoms with E-state index in [2.05, 4.69) is 16.0 Å². The summed E-state index contributed by atoms with van der Waals surface area (Å²) in [5, 5.41) is 27.8. The van der Waals surface area contributed by atoms with Crippen molar-refractivity contribution < 1.29 is 102 Å². The van der Waals surface area contributed by atoms with Crippen molar-refractivity contribution >= 4 is 47.3 Å². The van der Waals surface area contributed by atoms with Gasteiger partial charge in [0.2, 0.25) is 21.7 Å². The number of amides is 7. The third-order valence-corrected chi connectivity index (χ3v) is 28.7. The van der Waals surface area contributed by atoms with Crippen LogP contribution < -0.4 is 47.1 Å². The molecule has 135 heavy (non-hydrogen) atoms. The first-order valence-corrected chi connectivity index (χ1v) is 44.7. The van der Waals surface area contributed by atoms with Crippen LogP contribution >= 0.6 is 0 Å². The summed E-state index contributed by atoms with van der Waals surface area (Å²) in [7, 11) is 0. The van der Waals surface area contributed by atoms with Crippen molar-refractivity contribution in [2.75, 3.05) is 32.8 Å². The number of aromatic nitrogens is 4. The van der Waals surface area contributed by atoms with Gasteiger partial charge in [0.1, 0.15) is 87.8 Å². The van der Waals surface area contributed by atoms with Crippen molar-refractivity contribution in [2.45, 2.75) is 198 Å². The predicted molar refractivity (Wildman–Crippen MR) is 466 cm³/mol. The quantitative estimate of drug-likeness (QED) is 0.0418. The van der Waals surface area contributed by atoms with E-state index in [4.69, 9.17) is 14.2 Å². The Balaban J connectivity index is 0.000000125. The van der Waals surface area contributed by atoms with Crippen molar-refractivity contribution in [1.82, 2.24) is 53.8 Å². The Morgan fingerprint density at radius 1 is 0.385 bits per heavy atom. The number of nitrogens with zero attached hydrogens (tertiary/aromatic N) is 8. The Labute approximate surface area is 765 Å². The van der Waals surface area contributed by atoms with Crippen LogP contribution in [-0.2, 0) is 63.8 Å². The summed E-state index contributed by atoms with van der Waals surface area (Å²) in [5.41, 5.74) is -6.16. The molecular formula is C98H96F9N11O17. The largest absolute Gasteiger partial charge is 0.503 e. The van der Waals surface area contributed by atoms with Gasteiger partial charge in [-0.15, -0.1) is 0 Å². The fourth-order valence-corrected chi connectivity index (χ4v) is 22.7. The lowest BCUT2D eigenvalue weighted by molar-refractivity contribution is 0.0405. The summed E-state index contributed by atoms with van der Waals surface area (Å²) < 4.78 is 146. The van der Waals surface area contributed by atoms with Gasteiger partial charge in [-0.3, -0.25) is 52.7 Å². The van der Waals surface area contributed by atoms with Crippen LogP contribution in [0.5, 0.6) is 23.0 Å². The number of benzene rings is 5. The van der Waals surface area contributed by atoms with Crippen molar-refractivity contribution in [3.8, 4) is 23.0 Å². The standard InChI is InChI=1S/C29H26F3N3O4.C24H26N2O5.2C22H20F3N3O4.CH4/c30-19-9-22(31)20(23(32)10-19)12-33-27(37)21-14-34-16-29-8-4-7-18(11-29)13-35(29)28(38)24(34)26(25(21)36)39-15-17-5-2-1-3-6-17;1-2-30-23(29)18-13-25-15-24-10-6-9-17(11-24)12-26(24)22(28)19(25)21(20(18)27)31-14-16-7-4-3-5-8-16;2*23-12-4-15(24)13(16(25)5-12)7-26-20(31)14-9-27-10-22-3-1-2-11(6-22)8-28(22)21(32)17(27)19(30)18(14)29;/h1-3,5-6,9-10,14,18H,4,7-8,11-13,15-16H2,(H,33,37);3-5,7-8,13,17H,2,6,9-12,14-15H2,1H3;2*4-5,9,11,30H,1-3,6-8,10H2,(H,26,31);1H4/t18-,29+;17-,24+;2*11-,22+;/m1111./s1. The van der Waals surface area contributed by atoms with E-state index >= 15 is 0 Å². The van der Waals surface area contributed by atoms with E-state index in [1.54, 1.807) is 25.9 Å². The number of hydrogen-bond donors (Lipinski definition) is 5. The second kappa shape index (κ2) is 36.6. The summed E-state index contributed by atoms with van der Waals surface area (Å²) in [4.78, 5) is 164. The van der Waals surface area contributed by atoms with Gasteiger partial charge in [-0.05, 0) is 119 Å². The van der Waals surface area contributed by atoms with Crippen molar-refractivity contribution in [3.05, 3.63) is 288 Å². The van der Waals surface area contributed by atoms with Gasteiger partial charge < -0.3 is 78.2 Å². The van der Waals surface area contributed by atoms with Crippen LogP contribution in [0.1, 0.15) is 228 Å². The number of carbonyl (C=O) groups is 8. The summed E-state index contributed by atoms with van der Waals surface area (Å²) in [6.45, 7) is 4.34. The molecule has 4 spiro atoms. The minimum Gasteiger partial charge on any atom is -0.503 e. The lowest BCUT2D eigenvalue weighted by Crippen LogP contribution is -2.55. The van der Waals surface area contributed by atoms with Gasteiger partial charge in [0, 0.05) is 150 Å². The zero-order valence-electron chi connectivity index (χ0n) is 72.6. The van der Waals surface area contributed by atoms with Crippen molar-refractivity contribution in [1.29, 1.82) is 0 Å². The molecule has 21 rings (SSSR count). The fraction of sp³-hybridized carbons (Fsp3) is 0.408. The second-order valence-corrected chi connectivity index (χ2v) is 37.0. The molecule has 7 amide bonds. The molecule has 37 heteroatoms. The van der Waals surface area contributed by atoms with E-state index in [1.165, 1.54) is 33.9 Å². The molecule has 708 valence electrons. The van der Waals surface area contributed by atoms with Gasteiger partial charge in [-0.2, -0.15) is 0 Å². The molecule has 28 nitrogen and oxygen atoms in total. The lowest BCUT2D eigenvalue weighted by Gasteiger charge is -2.44. The smallest absolute Gasteiger partial charge is 0.343 e. The fourth-order valence-electron chi connectivity index (χ4n) is 22.7. The number of rotatable bonds is 17. The van der Waals surface area contributed by atoms with Gasteiger partial charge in [0.15, 0.2) is 45.8 Å². The highest BCUT2D eigenvalue weighted by atomic mass is 19.2. The molecule has 4 saturated carbocycles. The number of aromatic hydroxyl groups is 2. The molecule has 4 saturated heterocycles. The Hall–Kier alpha value is -13.8. The van der Waals surface area contributed by atoms with Crippen molar-refractivity contribution in [2.24, 2.45) is 23.7 Å². The molecule has 5 aromatic carbocycles. The van der Waals surface area contributed by atoms with Gasteiger partial charge in [0.25, 0.3) is 41.4 Å². The molecule has 4 aromatic heterocycles. The molecule has 8 fully saturated rings. The maximum atomic E-state index is 14.1. The van der Waals surface area contributed by atoms with Crippen LogP contribution in [-0.4, -0.2) is 150 Å². The highest BCUT2D eigenvalue weighted by Crippen LogP contribution is 2.53. The van der Waals surface area contributed by atoms with Crippen LogP contribution in [0.25, 0.3) is 0 Å². The topological polar surface area (TPSA) is 342 Å². The van der Waals surface area contributed by atoms with Crippen molar-refractivity contribution in [3.63, 3.8) is 0 Å². The molecule has 9 aromatic rings. The molecule has 4 aliphatic carbocycles. The summed E-state index contributed by atoms with van der Waals surface area (Å²) in [6, 6.07) is 21.5. The Kier molecular flexibility index (Phi) is 25.2. The molecule has 0 radical (unpaired) electrons. The third kappa shape index (κ3) is 17.0. The summed E-state index contributed by atoms with van der Waals surface area (Å²) in [5.74, 6) is -15.4. The molecule has 8 aliphatic heterocycles. The van der Waals surface area contributed by atoms with E-state index in [-0.39, 0.29) is 95.5 Å². The first-order chi connectivity index (χ1) is 64.2. The van der Waals surface area contributed by atoms with E-state index in [0.717, 1.165) is 120 Å². The molecule has 12 aliphatic rings. The highest BCUT2D eigenvalue weighted by Gasteiger charge is 2.59. The Morgan fingerprint density at radius 2 is 0.652 bits per heavy atom. The Bertz CT molecular complexity index is 6400. The molecule has 12 heterocycles. The number of fused-ring (bicyclic) bond motifs is 8. The number of hydrogen-bond acceptors (Lipinski definition) is 17. The molecule has 5 N–H and O–H groups in total. The molecule has 8 atom stereocenters. The zero-order valence-corrected chi connectivity index (χ0v) is 72.6. The number of carbonyl (C=O) groups excluding carboxylic acids is 8. The van der Waals surface area contributed by atoms with Crippen LogP contribution in [0.15, 0.2) is 141 Å². The van der Waals surface area contributed by atoms with Gasteiger partial charge in [-0.1, -0.05) is 93.8 Å². The maximum Gasteiger partial charge on any atom is 0.343 e. The zero-order chi connectivity index (χ0) is 94.5. The van der Waals surface area contributed by atoms with E-state index in [0.29, 0.717) is 106 Å². The number of ether oxygens (including phenoxy) is 3. The average molecular weight is 1870 g/mol. The normalized spacial score (nSPS) is 22.9. The van der Waals surface area contributed by atoms with Gasteiger partial charge in [-0.25, -0.2) is 44.3 Å². The number of pyridine rings is 4. The van der Waals surface area contributed by atoms with Gasteiger partial charge >= 0.3 is 5.97 Å². The minimum absolute atomic E-state index is 0. The number of esters is 1. The number of halogens is 9. The summed E-state index contributed by atoms with van der Waals surface area (Å²) >= 11 is 0. The first kappa shape index (κ1) is 93.1. The monoisotopic (exact) mass is 1870 g/mol. The van der Waals surface area contributed by atoms with E-state index in [1.807, 2.05) is 70.5 Å². The third-order valence-electron chi connectivity index (χ3n) is 28.7. The number of nitrogens with one attached hydrogen (secondary N) is 3. The average Bonchev–Trinajstić information content (AvgIpc) is 1.61. The SMILES string of the molecule is C.CCOC(=O)c1cn2c(c(OCc3ccccc3)c1=O)C(=O)N1C[C@@H]3CCC[C@]1(C3)C2.O=C(NCc1c(F)cc(F)cc1F)c1cn2c(c(O)c1=O)C(=O)N1C[C@@H]3CCC[C@]1(C3)C2.O=C(NCc1c(F)cc(F)cc1F)c1cn2c(c(O)c1=O)C(=O)N1C[C@@H]3CCC[C@]1(C3)C2.O=C(NCc1c(F)cc(F)cc1F)c1cn2c(c(OCc3ccccc3)c1=O)C(=O)N1C[C@@H]3CCC[C@]1(C3)C2. The van der Waals surface area contributed by atoms with Crippen LogP contribution in [0.2, 0.25) is 0 Å². The van der Waals surface area contributed by atoms with Gasteiger partial charge in [0.05, 0.1) is 28.8 Å². The molecule has 8 bridgehead atoms. The van der Waals surface area contributed by atoms with Crippen LogP contribution in [0.3, 0.4) is 0 Å². The predicted octanol–water partition coefficient (Wildman–Crippen LogP) is 12.4. The van der Waals surface area contributed by atoms with E-state index in [9.17, 15) is 107 Å². The molecular weight excluding hydrogens is 1770 g/mol. The van der Waals surface area contributed by atoms with Crippen LogP contribution in [0, 0.1) is 76.0 Å². The lowest BCUT2D eigenvalue weighted by atomic mass is 9.79. The summed E-state index contributed by atoms with van der Waals surface area (Å²) in [6.07, 6.45) is 20.4. The maximum absolute atomic E-state index is 14.1. The second-order valence-electron chi connectivity index (χ2n) is 37.0. The van der Waals surface area contributed by atoms with E-state index < -0.39 is 180 Å².